The van der Waals surface area contributed by atoms with Crippen molar-refractivity contribution in [1.82, 2.24) is 9.88 Å². The maximum atomic E-state index is 12.7. The minimum atomic E-state index is 0.0630. The number of hydrogen-bond acceptors (Lipinski definition) is 3. The summed E-state index contributed by atoms with van der Waals surface area (Å²) >= 11 is 0. The average Bonchev–Trinajstić information content (AvgIpc) is 2.49. The van der Waals surface area contributed by atoms with Crippen molar-refractivity contribution in [2.24, 2.45) is 11.7 Å². The summed E-state index contributed by atoms with van der Waals surface area (Å²) < 4.78 is 0. The lowest BCUT2D eigenvalue weighted by atomic mass is 9.94. The Kier molecular flexibility index (Phi) is 3.40. The Morgan fingerprint density at radius 3 is 2.95 bits per heavy atom. The molecule has 2 aromatic rings. The van der Waals surface area contributed by atoms with E-state index in [1.54, 1.807) is 6.20 Å². The van der Waals surface area contributed by atoms with Gasteiger partial charge in [0, 0.05) is 30.7 Å². The van der Waals surface area contributed by atoms with Crippen molar-refractivity contribution in [1.29, 1.82) is 0 Å². The second-order valence-electron chi connectivity index (χ2n) is 5.56. The molecule has 1 aliphatic heterocycles. The maximum Gasteiger partial charge on any atom is 0.256 e. The summed E-state index contributed by atoms with van der Waals surface area (Å²) in [5.74, 6) is 0.406. The first-order valence-corrected chi connectivity index (χ1v) is 7.05. The number of likely N-dealkylation sites (tertiary alicyclic amines) is 1. The number of piperidine rings is 1. The highest BCUT2D eigenvalue weighted by Crippen LogP contribution is 2.21. The van der Waals surface area contributed by atoms with Gasteiger partial charge in [0.15, 0.2) is 0 Å². The highest BCUT2D eigenvalue weighted by molar-refractivity contribution is 6.05. The van der Waals surface area contributed by atoms with Crippen LogP contribution in [0, 0.1) is 5.92 Å². The molecule has 4 heteroatoms. The van der Waals surface area contributed by atoms with Gasteiger partial charge in [-0.3, -0.25) is 9.78 Å². The fourth-order valence-corrected chi connectivity index (χ4v) is 2.80. The van der Waals surface area contributed by atoms with Crippen LogP contribution < -0.4 is 5.73 Å². The molecule has 0 aliphatic carbocycles. The van der Waals surface area contributed by atoms with E-state index >= 15 is 0 Å². The van der Waals surface area contributed by atoms with E-state index in [9.17, 15) is 4.79 Å². The monoisotopic (exact) mass is 269 g/mol. The van der Waals surface area contributed by atoms with Crippen LogP contribution in [0.3, 0.4) is 0 Å². The molecule has 1 amide bonds. The Labute approximate surface area is 118 Å². The number of carbonyl (C=O) groups excluding carboxylic acids is 1. The van der Waals surface area contributed by atoms with Gasteiger partial charge in [-0.05, 0) is 24.5 Å². The lowest BCUT2D eigenvalue weighted by molar-refractivity contribution is 0.0666. The Balaban J connectivity index is 1.93. The third-order valence-corrected chi connectivity index (χ3v) is 4.12. The van der Waals surface area contributed by atoms with Crippen molar-refractivity contribution in [2.75, 3.05) is 13.1 Å². The maximum absolute atomic E-state index is 12.7. The molecule has 4 nitrogen and oxygen atoms in total. The van der Waals surface area contributed by atoms with Gasteiger partial charge >= 0.3 is 0 Å². The van der Waals surface area contributed by atoms with E-state index in [0.29, 0.717) is 11.5 Å². The molecule has 1 fully saturated rings. The molecule has 1 saturated heterocycles. The fraction of sp³-hybridized carbons (Fsp3) is 0.375. The van der Waals surface area contributed by atoms with Gasteiger partial charge in [0.25, 0.3) is 5.91 Å². The van der Waals surface area contributed by atoms with Crippen molar-refractivity contribution in [2.45, 2.75) is 19.4 Å². The van der Waals surface area contributed by atoms with Gasteiger partial charge in [-0.15, -0.1) is 0 Å². The standard InChI is InChI=1S/C16H19N3O/c1-11-10-19(9-7-14(11)17)16(20)13-6-2-4-12-5-3-8-18-15(12)13/h2-6,8,11,14H,7,9-10,17H2,1H3. The zero-order valence-electron chi connectivity index (χ0n) is 11.6. The number of nitrogens with two attached hydrogens (primary N) is 1. The molecule has 0 saturated carbocycles. The van der Waals surface area contributed by atoms with Crippen LogP contribution in [0.2, 0.25) is 0 Å². The van der Waals surface area contributed by atoms with Gasteiger partial charge in [-0.25, -0.2) is 0 Å². The van der Waals surface area contributed by atoms with E-state index in [4.69, 9.17) is 5.73 Å². The number of nitrogens with zero attached hydrogens (tertiary/aromatic N) is 2. The molecule has 20 heavy (non-hydrogen) atoms. The number of para-hydroxylation sites is 1. The summed E-state index contributed by atoms with van der Waals surface area (Å²) in [7, 11) is 0. The number of rotatable bonds is 1. The third kappa shape index (κ3) is 2.27. The van der Waals surface area contributed by atoms with Crippen molar-refractivity contribution >= 4 is 16.8 Å². The normalized spacial score (nSPS) is 23.0. The molecule has 104 valence electrons. The van der Waals surface area contributed by atoms with Crippen LogP contribution in [-0.2, 0) is 0 Å². The number of pyridine rings is 1. The first-order valence-electron chi connectivity index (χ1n) is 7.05. The minimum absolute atomic E-state index is 0.0630. The van der Waals surface area contributed by atoms with Crippen LogP contribution >= 0.6 is 0 Å². The molecule has 3 rings (SSSR count). The number of hydrogen-bond donors (Lipinski definition) is 1. The van der Waals surface area contributed by atoms with Crippen LogP contribution in [-0.4, -0.2) is 34.9 Å². The molecule has 2 unspecified atom stereocenters. The van der Waals surface area contributed by atoms with E-state index in [-0.39, 0.29) is 11.9 Å². The zero-order valence-corrected chi connectivity index (χ0v) is 11.6. The summed E-state index contributed by atoms with van der Waals surface area (Å²) in [5, 5.41) is 1.00. The smallest absolute Gasteiger partial charge is 0.256 e. The molecule has 2 heterocycles. The molecule has 1 aliphatic rings. The molecule has 2 atom stereocenters. The first kappa shape index (κ1) is 13.1. The van der Waals surface area contributed by atoms with Gasteiger partial charge in [-0.2, -0.15) is 0 Å². The highest BCUT2D eigenvalue weighted by atomic mass is 16.2. The third-order valence-electron chi connectivity index (χ3n) is 4.12. The largest absolute Gasteiger partial charge is 0.338 e. The summed E-state index contributed by atoms with van der Waals surface area (Å²) in [6, 6.07) is 9.82. The molecule has 1 aromatic heterocycles. The van der Waals surface area contributed by atoms with Gasteiger partial charge in [0.05, 0.1) is 11.1 Å². The van der Waals surface area contributed by atoms with Gasteiger partial charge < -0.3 is 10.6 Å². The summed E-state index contributed by atoms with van der Waals surface area (Å²) in [6.45, 7) is 3.56. The highest BCUT2D eigenvalue weighted by Gasteiger charge is 2.27. The Hall–Kier alpha value is -1.94. The van der Waals surface area contributed by atoms with Crippen LogP contribution in [0.15, 0.2) is 36.5 Å². The van der Waals surface area contributed by atoms with Crippen molar-refractivity contribution in [3.8, 4) is 0 Å². The molecule has 0 spiro atoms. The molecule has 1 aromatic carbocycles. The number of fused-ring (bicyclic) bond motifs is 1. The van der Waals surface area contributed by atoms with Crippen molar-refractivity contribution < 1.29 is 4.79 Å². The second-order valence-corrected chi connectivity index (χ2v) is 5.56. The van der Waals surface area contributed by atoms with Crippen LogP contribution in [0.5, 0.6) is 0 Å². The van der Waals surface area contributed by atoms with E-state index in [1.165, 1.54) is 0 Å². The summed E-state index contributed by atoms with van der Waals surface area (Å²) in [5.41, 5.74) is 7.49. The number of carbonyl (C=O) groups is 1. The van der Waals surface area contributed by atoms with Gasteiger partial charge in [0.1, 0.15) is 0 Å². The predicted octanol–water partition coefficient (Wildman–Crippen LogP) is 2.04. The first-order chi connectivity index (χ1) is 9.66. The SMILES string of the molecule is CC1CN(C(=O)c2cccc3cccnc23)CCC1N. The van der Waals surface area contributed by atoms with Crippen LogP contribution in [0.25, 0.3) is 10.9 Å². The number of amides is 1. The van der Waals surface area contributed by atoms with Crippen molar-refractivity contribution in [3.05, 3.63) is 42.1 Å². The topological polar surface area (TPSA) is 59.2 Å². The molecule has 0 radical (unpaired) electrons. The average molecular weight is 269 g/mol. The molecule has 2 N–H and O–H groups in total. The van der Waals surface area contributed by atoms with Gasteiger partial charge in [-0.1, -0.05) is 25.1 Å². The number of benzene rings is 1. The van der Waals surface area contributed by atoms with Crippen LogP contribution in [0.4, 0.5) is 0 Å². The lowest BCUT2D eigenvalue weighted by Gasteiger charge is -2.35. The predicted molar refractivity (Wildman–Crippen MR) is 79.4 cm³/mol. The number of aromatic nitrogens is 1. The minimum Gasteiger partial charge on any atom is -0.338 e. The Bertz CT molecular complexity index is 635. The Morgan fingerprint density at radius 2 is 2.15 bits per heavy atom. The van der Waals surface area contributed by atoms with E-state index in [2.05, 4.69) is 11.9 Å². The molecular weight excluding hydrogens is 250 g/mol. The lowest BCUT2D eigenvalue weighted by Crippen LogP contribution is -2.48. The summed E-state index contributed by atoms with van der Waals surface area (Å²) in [6.07, 6.45) is 2.60. The quantitative estimate of drug-likeness (QED) is 0.862. The van der Waals surface area contributed by atoms with E-state index in [1.807, 2.05) is 35.2 Å². The van der Waals surface area contributed by atoms with Gasteiger partial charge in [0.2, 0.25) is 0 Å². The molecule has 0 bridgehead atoms. The summed E-state index contributed by atoms with van der Waals surface area (Å²) in [4.78, 5) is 19.0. The zero-order chi connectivity index (χ0) is 14.1. The second kappa shape index (κ2) is 5.21. The Morgan fingerprint density at radius 1 is 1.35 bits per heavy atom. The molecular formula is C16H19N3O. The van der Waals surface area contributed by atoms with Crippen molar-refractivity contribution in [3.63, 3.8) is 0 Å². The fourth-order valence-electron chi connectivity index (χ4n) is 2.80. The van der Waals surface area contributed by atoms with E-state index < -0.39 is 0 Å². The van der Waals surface area contributed by atoms with E-state index in [0.717, 1.165) is 30.4 Å². The van der Waals surface area contributed by atoms with Crippen LogP contribution in [0.1, 0.15) is 23.7 Å².